The lowest BCUT2D eigenvalue weighted by Crippen LogP contribution is -2.30. The van der Waals surface area contributed by atoms with E-state index < -0.39 is 6.17 Å². The van der Waals surface area contributed by atoms with Crippen LogP contribution in [0.1, 0.15) is 36.4 Å². The largest absolute Gasteiger partial charge is 0.379 e. The molecule has 0 radical (unpaired) electrons. The van der Waals surface area contributed by atoms with Crippen LogP contribution in [0.2, 0.25) is 0 Å². The number of anilines is 1. The summed E-state index contributed by atoms with van der Waals surface area (Å²) in [5.74, 6) is 0.477. The van der Waals surface area contributed by atoms with E-state index in [4.69, 9.17) is 10.00 Å². The number of alkyl halides is 1. The Morgan fingerprint density at radius 3 is 2.95 bits per heavy atom. The summed E-state index contributed by atoms with van der Waals surface area (Å²) in [6.07, 6.45) is 1.79. The van der Waals surface area contributed by atoms with Crippen LogP contribution in [0.4, 0.5) is 10.2 Å². The average molecular weight is 261 g/mol. The zero-order valence-corrected chi connectivity index (χ0v) is 10.6. The smallest absolute Gasteiger partial charge is 0.144 e. The standard InChI is InChI=1S/C14H16FN3O/c15-12-6-11(12)13-4-3-9(7-16)14(18-13)17-10-2-1-5-19-8-10/h3-4,10-12H,1-2,5-6,8H2,(H,17,18)/t10-,11-,12?/m1/s1. The van der Waals surface area contributed by atoms with Crippen molar-refractivity contribution >= 4 is 5.82 Å². The van der Waals surface area contributed by atoms with E-state index in [1.165, 1.54) is 0 Å². The number of nitrogens with zero attached hydrogens (tertiary/aromatic N) is 2. The van der Waals surface area contributed by atoms with Crippen molar-refractivity contribution in [3.05, 3.63) is 23.4 Å². The van der Waals surface area contributed by atoms with E-state index in [1.54, 1.807) is 12.1 Å². The van der Waals surface area contributed by atoms with Crippen LogP contribution in [-0.4, -0.2) is 30.4 Å². The molecule has 1 aromatic heterocycles. The number of rotatable bonds is 3. The fourth-order valence-electron chi connectivity index (χ4n) is 2.40. The maximum absolute atomic E-state index is 13.1. The summed E-state index contributed by atoms with van der Waals surface area (Å²) in [7, 11) is 0. The van der Waals surface area contributed by atoms with Crippen LogP contribution in [0.25, 0.3) is 0 Å². The van der Waals surface area contributed by atoms with E-state index >= 15 is 0 Å². The fourth-order valence-corrected chi connectivity index (χ4v) is 2.40. The molecule has 2 fully saturated rings. The van der Waals surface area contributed by atoms with Crippen LogP contribution < -0.4 is 5.32 Å². The van der Waals surface area contributed by atoms with Crippen LogP contribution in [0.3, 0.4) is 0 Å². The normalized spacial score (nSPS) is 29.6. The van der Waals surface area contributed by atoms with E-state index in [0.717, 1.165) is 25.1 Å². The van der Waals surface area contributed by atoms with Gasteiger partial charge < -0.3 is 10.1 Å². The van der Waals surface area contributed by atoms with Crippen molar-refractivity contribution in [3.8, 4) is 6.07 Å². The van der Waals surface area contributed by atoms with Gasteiger partial charge in [-0.2, -0.15) is 5.26 Å². The second kappa shape index (κ2) is 5.14. The molecule has 19 heavy (non-hydrogen) atoms. The molecule has 1 aliphatic carbocycles. The molecule has 1 N–H and O–H groups in total. The van der Waals surface area contributed by atoms with Crippen molar-refractivity contribution in [1.29, 1.82) is 5.26 Å². The van der Waals surface area contributed by atoms with Crippen molar-refractivity contribution in [2.75, 3.05) is 18.5 Å². The first-order valence-electron chi connectivity index (χ1n) is 6.67. The van der Waals surface area contributed by atoms with Gasteiger partial charge in [0.05, 0.1) is 18.2 Å². The van der Waals surface area contributed by atoms with Gasteiger partial charge in [0.15, 0.2) is 0 Å². The third kappa shape index (κ3) is 2.69. The van der Waals surface area contributed by atoms with E-state index in [0.29, 0.717) is 24.4 Å². The Labute approximate surface area is 111 Å². The van der Waals surface area contributed by atoms with Gasteiger partial charge in [-0.3, -0.25) is 0 Å². The second-order valence-electron chi connectivity index (χ2n) is 5.16. The highest BCUT2D eigenvalue weighted by molar-refractivity contribution is 5.53. The highest BCUT2D eigenvalue weighted by Gasteiger charge is 2.40. The molecule has 100 valence electrons. The molecule has 4 nitrogen and oxygen atoms in total. The highest BCUT2D eigenvalue weighted by atomic mass is 19.1. The van der Waals surface area contributed by atoms with Gasteiger partial charge in [0.1, 0.15) is 18.1 Å². The summed E-state index contributed by atoms with van der Waals surface area (Å²) in [6.45, 7) is 1.42. The van der Waals surface area contributed by atoms with Gasteiger partial charge in [-0.25, -0.2) is 9.37 Å². The number of hydrogen-bond donors (Lipinski definition) is 1. The quantitative estimate of drug-likeness (QED) is 0.907. The van der Waals surface area contributed by atoms with Crippen LogP contribution in [0, 0.1) is 11.3 Å². The van der Waals surface area contributed by atoms with Crippen LogP contribution in [-0.2, 0) is 4.74 Å². The number of pyridine rings is 1. The monoisotopic (exact) mass is 261 g/mol. The predicted octanol–water partition coefficient (Wildman–Crippen LogP) is 2.37. The minimum absolute atomic E-state index is 0.0871. The zero-order valence-electron chi connectivity index (χ0n) is 10.6. The van der Waals surface area contributed by atoms with Gasteiger partial charge in [-0.05, 0) is 31.4 Å². The molecule has 2 aliphatic rings. The topological polar surface area (TPSA) is 57.9 Å². The number of nitrogens with one attached hydrogen (secondary N) is 1. The molecule has 2 heterocycles. The summed E-state index contributed by atoms with van der Waals surface area (Å²) >= 11 is 0. The Kier molecular flexibility index (Phi) is 3.34. The van der Waals surface area contributed by atoms with Gasteiger partial charge in [0.2, 0.25) is 0 Å². The molecule has 0 aromatic carbocycles. The number of ether oxygens (including phenoxy) is 1. The summed E-state index contributed by atoms with van der Waals surface area (Å²) < 4.78 is 18.5. The molecule has 0 amide bonds. The molecular weight excluding hydrogens is 245 g/mol. The third-order valence-corrected chi connectivity index (χ3v) is 3.63. The molecule has 0 bridgehead atoms. The van der Waals surface area contributed by atoms with Gasteiger partial charge in [-0.1, -0.05) is 0 Å². The molecule has 3 atom stereocenters. The summed E-state index contributed by atoms with van der Waals surface area (Å²) in [5.41, 5.74) is 1.25. The lowest BCUT2D eigenvalue weighted by Gasteiger charge is -2.24. The summed E-state index contributed by atoms with van der Waals surface area (Å²) in [5, 5.41) is 12.4. The Morgan fingerprint density at radius 1 is 1.47 bits per heavy atom. The molecular formula is C14H16FN3O. The Morgan fingerprint density at radius 2 is 2.32 bits per heavy atom. The lowest BCUT2D eigenvalue weighted by atomic mass is 10.1. The zero-order chi connectivity index (χ0) is 13.2. The SMILES string of the molecule is N#Cc1ccc([C@@H]2CC2F)nc1N[C@@H]1CCCOC1. The van der Waals surface area contributed by atoms with Gasteiger partial charge in [-0.15, -0.1) is 0 Å². The lowest BCUT2D eigenvalue weighted by molar-refractivity contribution is 0.0875. The van der Waals surface area contributed by atoms with Gasteiger partial charge in [0, 0.05) is 18.2 Å². The van der Waals surface area contributed by atoms with Crippen LogP contribution >= 0.6 is 0 Å². The Hall–Kier alpha value is -1.67. The molecule has 1 unspecified atom stereocenters. The predicted molar refractivity (Wildman–Crippen MR) is 68.7 cm³/mol. The molecule has 1 saturated heterocycles. The summed E-state index contributed by atoms with van der Waals surface area (Å²) in [4.78, 5) is 4.42. The second-order valence-corrected chi connectivity index (χ2v) is 5.16. The summed E-state index contributed by atoms with van der Waals surface area (Å²) in [6, 6.07) is 5.78. The number of hydrogen-bond acceptors (Lipinski definition) is 4. The average Bonchev–Trinajstić information content (AvgIpc) is 3.17. The van der Waals surface area contributed by atoms with Crippen LogP contribution in [0.5, 0.6) is 0 Å². The maximum Gasteiger partial charge on any atom is 0.144 e. The molecule has 0 spiro atoms. The van der Waals surface area contributed by atoms with E-state index in [1.807, 2.05) is 0 Å². The third-order valence-electron chi connectivity index (χ3n) is 3.63. The Balaban J connectivity index is 1.79. The van der Waals surface area contributed by atoms with E-state index in [-0.39, 0.29) is 12.0 Å². The van der Waals surface area contributed by atoms with Gasteiger partial charge >= 0.3 is 0 Å². The maximum atomic E-state index is 13.1. The van der Waals surface area contributed by atoms with Crippen molar-refractivity contribution < 1.29 is 9.13 Å². The number of aromatic nitrogens is 1. The Bertz CT molecular complexity index is 508. The minimum atomic E-state index is -0.772. The van der Waals surface area contributed by atoms with Gasteiger partial charge in [0.25, 0.3) is 0 Å². The van der Waals surface area contributed by atoms with Crippen molar-refractivity contribution in [3.63, 3.8) is 0 Å². The molecule has 1 aromatic rings. The first-order chi connectivity index (χ1) is 9.28. The first-order valence-corrected chi connectivity index (χ1v) is 6.67. The van der Waals surface area contributed by atoms with E-state index in [2.05, 4.69) is 16.4 Å². The molecule has 5 heteroatoms. The van der Waals surface area contributed by atoms with E-state index in [9.17, 15) is 4.39 Å². The molecule has 1 saturated carbocycles. The van der Waals surface area contributed by atoms with Crippen LogP contribution in [0.15, 0.2) is 12.1 Å². The number of halogens is 1. The number of nitriles is 1. The molecule has 3 rings (SSSR count). The van der Waals surface area contributed by atoms with Crippen molar-refractivity contribution in [2.45, 2.75) is 37.4 Å². The molecule has 1 aliphatic heterocycles. The minimum Gasteiger partial charge on any atom is -0.379 e. The van der Waals surface area contributed by atoms with Crippen molar-refractivity contribution in [2.24, 2.45) is 0 Å². The fraction of sp³-hybridized carbons (Fsp3) is 0.571. The first kappa shape index (κ1) is 12.4. The van der Waals surface area contributed by atoms with Crippen molar-refractivity contribution in [1.82, 2.24) is 4.98 Å². The highest BCUT2D eigenvalue weighted by Crippen LogP contribution is 2.43.